The van der Waals surface area contributed by atoms with Crippen molar-refractivity contribution in [3.05, 3.63) is 63.5 Å². The summed E-state index contributed by atoms with van der Waals surface area (Å²) >= 11 is 0. The van der Waals surface area contributed by atoms with Crippen LogP contribution in [0.1, 0.15) is 29.7 Å². The molecule has 2 aromatic heterocycles. The van der Waals surface area contributed by atoms with Gasteiger partial charge in [-0.1, -0.05) is 12.0 Å². The van der Waals surface area contributed by atoms with Crippen molar-refractivity contribution in [3.8, 4) is 46.5 Å². The van der Waals surface area contributed by atoms with Gasteiger partial charge in [0.2, 0.25) is 0 Å². The molecule has 4 aromatic rings. The number of nitrogens with two attached hydrogens (primary N) is 1. The summed E-state index contributed by atoms with van der Waals surface area (Å²) in [7, 11) is 1.65. The number of aryl methyl sites for hydroxylation is 1. The van der Waals surface area contributed by atoms with Crippen molar-refractivity contribution in [3.63, 3.8) is 0 Å². The van der Waals surface area contributed by atoms with E-state index >= 15 is 4.39 Å². The van der Waals surface area contributed by atoms with Gasteiger partial charge < -0.3 is 10.5 Å². The van der Waals surface area contributed by atoms with E-state index in [1.54, 1.807) is 31.4 Å². The van der Waals surface area contributed by atoms with Crippen LogP contribution in [0.4, 0.5) is 4.39 Å². The molecular formula is C25H19FN6O2. The molecule has 2 heterocycles. The number of aromatic nitrogens is 4. The standard InChI is InChI=1S/C25H19FN6O2/c1-3-13-9-21(34-15-5-6-15)18(10-27)22(23(13)26)24-19(12-29-32(24)2)14-4-7-16-17(8-14)20(11-28)30-31-25(16)33/h1,4,7-9,12,15H,5-6,11,28H2,2H3,(H,31,33). The molecule has 0 bridgehead atoms. The van der Waals surface area contributed by atoms with Crippen LogP contribution in [0.25, 0.3) is 33.2 Å². The fraction of sp³-hybridized carbons (Fsp3) is 0.200. The predicted molar refractivity (Wildman–Crippen MR) is 124 cm³/mol. The zero-order valence-electron chi connectivity index (χ0n) is 18.2. The highest BCUT2D eigenvalue weighted by molar-refractivity contribution is 5.92. The van der Waals surface area contributed by atoms with Crippen molar-refractivity contribution in [1.29, 1.82) is 5.26 Å². The number of fused-ring (bicyclic) bond motifs is 1. The van der Waals surface area contributed by atoms with Crippen LogP contribution in [0.15, 0.2) is 35.3 Å². The van der Waals surface area contributed by atoms with Gasteiger partial charge in [0.1, 0.15) is 23.2 Å². The number of hydrogen-bond acceptors (Lipinski definition) is 6. The Morgan fingerprint density at radius 3 is 2.82 bits per heavy atom. The summed E-state index contributed by atoms with van der Waals surface area (Å²) in [5.41, 5.74) is 7.61. The fourth-order valence-electron chi connectivity index (χ4n) is 4.02. The highest BCUT2D eigenvalue weighted by Crippen LogP contribution is 2.41. The van der Waals surface area contributed by atoms with E-state index in [9.17, 15) is 10.1 Å². The van der Waals surface area contributed by atoms with E-state index in [1.807, 2.05) is 0 Å². The Morgan fingerprint density at radius 2 is 2.15 bits per heavy atom. The quantitative estimate of drug-likeness (QED) is 0.447. The van der Waals surface area contributed by atoms with E-state index in [4.69, 9.17) is 16.9 Å². The van der Waals surface area contributed by atoms with Gasteiger partial charge in [-0.15, -0.1) is 6.42 Å². The molecule has 0 saturated heterocycles. The van der Waals surface area contributed by atoms with Crippen LogP contribution in [0.3, 0.4) is 0 Å². The molecule has 0 amide bonds. The van der Waals surface area contributed by atoms with E-state index in [1.165, 1.54) is 10.7 Å². The fourth-order valence-corrected chi connectivity index (χ4v) is 4.02. The monoisotopic (exact) mass is 454 g/mol. The molecule has 2 aromatic carbocycles. The molecule has 1 aliphatic carbocycles. The third kappa shape index (κ3) is 3.40. The van der Waals surface area contributed by atoms with Crippen LogP contribution in [0.2, 0.25) is 0 Å². The minimum absolute atomic E-state index is 0.00327. The predicted octanol–water partition coefficient (Wildman–Crippen LogP) is 2.98. The van der Waals surface area contributed by atoms with Crippen molar-refractivity contribution in [2.75, 3.05) is 0 Å². The maximum absolute atomic E-state index is 15.7. The maximum atomic E-state index is 15.7. The molecule has 8 nitrogen and oxygen atoms in total. The lowest BCUT2D eigenvalue weighted by Crippen LogP contribution is -2.13. The van der Waals surface area contributed by atoms with E-state index in [2.05, 4.69) is 27.3 Å². The van der Waals surface area contributed by atoms with Gasteiger partial charge in [0.25, 0.3) is 5.56 Å². The summed E-state index contributed by atoms with van der Waals surface area (Å²) in [4.78, 5) is 12.2. The molecule has 1 fully saturated rings. The molecule has 1 aliphatic rings. The van der Waals surface area contributed by atoms with Crippen molar-refractivity contribution in [2.24, 2.45) is 12.8 Å². The molecule has 0 radical (unpaired) electrons. The summed E-state index contributed by atoms with van der Waals surface area (Å²) in [6.45, 7) is 0.121. The molecule has 168 valence electrons. The van der Waals surface area contributed by atoms with E-state index in [0.717, 1.165) is 12.8 Å². The van der Waals surface area contributed by atoms with Gasteiger partial charge in [-0.3, -0.25) is 9.48 Å². The Hall–Kier alpha value is -4.47. The van der Waals surface area contributed by atoms with Gasteiger partial charge in [-0.2, -0.15) is 15.5 Å². The lowest BCUT2D eigenvalue weighted by molar-refractivity contribution is 0.302. The number of aromatic amines is 1. The lowest BCUT2D eigenvalue weighted by atomic mass is 9.94. The lowest BCUT2D eigenvalue weighted by Gasteiger charge is -2.15. The number of benzene rings is 2. The first-order valence-electron chi connectivity index (χ1n) is 10.6. The Balaban J connectivity index is 1.78. The van der Waals surface area contributed by atoms with Crippen LogP contribution in [0.5, 0.6) is 5.75 Å². The summed E-state index contributed by atoms with van der Waals surface area (Å²) < 4.78 is 23.0. The van der Waals surface area contributed by atoms with Crippen LogP contribution in [-0.2, 0) is 13.6 Å². The first-order valence-corrected chi connectivity index (χ1v) is 10.6. The minimum Gasteiger partial charge on any atom is -0.489 e. The van der Waals surface area contributed by atoms with Crippen LogP contribution < -0.4 is 16.0 Å². The van der Waals surface area contributed by atoms with E-state index < -0.39 is 5.82 Å². The number of nitriles is 1. The van der Waals surface area contributed by atoms with E-state index in [0.29, 0.717) is 33.3 Å². The second-order valence-corrected chi connectivity index (χ2v) is 8.05. The Bertz CT molecular complexity index is 1600. The smallest absolute Gasteiger partial charge is 0.272 e. The number of nitrogens with zero attached hydrogens (tertiary/aromatic N) is 4. The van der Waals surface area contributed by atoms with Crippen molar-refractivity contribution < 1.29 is 9.13 Å². The zero-order chi connectivity index (χ0) is 24.0. The molecule has 0 spiro atoms. The molecular weight excluding hydrogens is 435 g/mol. The number of ether oxygens (including phenoxy) is 1. The average Bonchev–Trinajstić information content (AvgIpc) is 3.59. The maximum Gasteiger partial charge on any atom is 0.272 e. The van der Waals surface area contributed by atoms with Gasteiger partial charge in [-0.05, 0) is 30.5 Å². The summed E-state index contributed by atoms with van der Waals surface area (Å²) in [6.07, 6.45) is 8.87. The molecule has 3 N–H and O–H groups in total. The highest BCUT2D eigenvalue weighted by Gasteiger charge is 2.29. The van der Waals surface area contributed by atoms with Crippen LogP contribution in [0, 0.1) is 29.5 Å². The van der Waals surface area contributed by atoms with Crippen LogP contribution >= 0.6 is 0 Å². The second kappa shape index (κ2) is 8.14. The Morgan fingerprint density at radius 1 is 1.35 bits per heavy atom. The molecule has 34 heavy (non-hydrogen) atoms. The third-order valence-corrected chi connectivity index (χ3v) is 5.86. The first-order chi connectivity index (χ1) is 16.5. The van der Waals surface area contributed by atoms with E-state index in [-0.39, 0.29) is 40.6 Å². The van der Waals surface area contributed by atoms with Gasteiger partial charge in [0.05, 0.1) is 40.2 Å². The number of halogens is 1. The Labute approximate surface area is 193 Å². The minimum atomic E-state index is -0.700. The van der Waals surface area contributed by atoms with Crippen molar-refractivity contribution >= 4 is 10.8 Å². The first kappa shape index (κ1) is 21.4. The molecule has 0 unspecified atom stereocenters. The van der Waals surface area contributed by atoms with Crippen molar-refractivity contribution in [2.45, 2.75) is 25.5 Å². The highest BCUT2D eigenvalue weighted by atomic mass is 19.1. The van der Waals surface area contributed by atoms with Gasteiger partial charge in [0, 0.05) is 30.6 Å². The topological polar surface area (TPSA) is 123 Å². The molecule has 1 saturated carbocycles. The van der Waals surface area contributed by atoms with Gasteiger partial charge in [-0.25, -0.2) is 9.49 Å². The molecule has 0 aliphatic heterocycles. The molecule has 0 atom stereocenters. The number of hydrogen-bond donors (Lipinski definition) is 2. The number of nitrogens with one attached hydrogen (secondary N) is 1. The number of rotatable bonds is 5. The number of terminal acetylenes is 1. The largest absolute Gasteiger partial charge is 0.489 e. The summed E-state index contributed by atoms with van der Waals surface area (Å²) in [5, 5.41) is 21.8. The van der Waals surface area contributed by atoms with Crippen LogP contribution in [-0.4, -0.2) is 26.1 Å². The van der Waals surface area contributed by atoms with Gasteiger partial charge in [0.15, 0.2) is 0 Å². The zero-order valence-corrected chi connectivity index (χ0v) is 18.2. The number of H-pyrrole nitrogens is 1. The normalized spacial score (nSPS) is 13.0. The summed E-state index contributed by atoms with van der Waals surface area (Å²) in [6, 6.07) is 8.64. The average molecular weight is 454 g/mol. The second-order valence-electron chi connectivity index (χ2n) is 8.05. The molecule has 5 rings (SSSR count). The Kier molecular flexibility index (Phi) is 5.12. The van der Waals surface area contributed by atoms with Crippen molar-refractivity contribution in [1.82, 2.24) is 20.0 Å². The summed E-state index contributed by atoms with van der Waals surface area (Å²) in [5.74, 6) is 1.90. The SMILES string of the molecule is C#Cc1cc(OC2CC2)c(C#N)c(-c2c(-c3ccc4c(=O)[nH]nc(CN)c4c3)cnn2C)c1F. The van der Waals surface area contributed by atoms with Gasteiger partial charge >= 0.3 is 0 Å². The third-order valence-electron chi connectivity index (χ3n) is 5.86. The molecule has 9 heteroatoms.